The highest BCUT2D eigenvalue weighted by Crippen LogP contribution is 2.42. The van der Waals surface area contributed by atoms with Crippen molar-refractivity contribution in [3.63, 3.8) is 0 Å². The highest BCUT2D eigenvalue weighted by Gasteiger charge is 2.38. The van der Waals surface area contributed by atoms with Crippen LogP contribution < -0.4 is 30.7 Å². The molecule has 4 aromatic rings. The van der Waals surface area contributed by atoms with Crippen molar-refractivity contribution in [2.45, 2.75) is 0 Å². The molecule has 14 nitrogen and oxygen atoms in total. The van der Waals surface area contributed by atoms with Crippen LogP contribution in [0.3, 0.4) is 0 Å². The van der Waals surface area contributed by atoms with E-state index in [1.54, 1.807) is 24.3 Å². The fraction of sp³-hybridized carbons (Fsp3) is 0.256. The lowest BCUT2D eigenvalue weighted by Gasteiger charge is -2.25. The van der Waals surface area contributed by atoms with Crippen LogP contribution in [0.5, 0.6) is 28.7 Å². The first-order valence-electron chi connectivity index (χ1n) is 16.8. The van der Waals surface area contributed by atoms with Gasteiger partial charge in [0.1, 0.15) is 34.3 Å². The topological polar surface area (TPSA) is 219 Å². The quantitative estimate of drug-likeness (QED) is 0.0286. The summed E-state index contributed by atoms with van der Waals surface area (Å²) in [4.78, 5) is 39.0. The van der Waals surface area contributed by atoms with E-state index >= 15 is 0 Å². The molecule has 9 N–H and O–H groups in total. The minimum absolute atomic E-state index is 0. The van der Waals surface area contributed by atoms with Gasteiger partial charge < -0.3 is 56.3 Å². The lowest BCUT2D eigenvalue weighted by atomic mass is 9.81. The number of fused-ring (bicyclic) bond motifs is 2. The van der Waals surface area contributed by atoms with Crippen molar-refractivity contribution in [2.24, 2.45) is 0 Å². The van der Waals surface area contributed by atoms with Gasteiger partial charge in [-0.2, -0.15) is 0 Å². The number of aliphatic hydroxyl groups excluding tert-OH is 2. The van der Waals surface area contributed by atoms with Crippen molar-refractivity contribution in [2.75, 3.05) is 77.3 Å². The number of allylic oxidation sites excluding steroid dienone is 1. The number of phenolic OH excluding ortho intramolecular Hbond substituents is 3. The average Bonchev–Trinajstić information content (AvgIpc) is 3.17. The van der Waals surface area contributed by atoms with Gasteiger partial charge in [0.2, 0.25) is 11.6 Å². The van der Waals surface area contributed by atoms with E-state index in [-0.39, 0.29) is 82.2 Å². The van der Waals surface area contributed by atoms with Crippen LogP contribution in [0.1, 0.15) is 47.8 Å². The summed E-state index contributed by atoms with van der Waals surface area (Å²) in [5.41, 5.74) is 1.69. The highest BCUT2D eigenvalue weighted by atomic mass is 35.5. The molecule has 5 rings (SSSR count). The summed E-state index contributed by atoms with van der Waals surface area (Å²) in [6, 6.07) is 18.1. The Morgan fingerprint density at radius 2 is 1.17 bits per heavy atom. The molecule has 0 spiro atoms. The lowest BCUT2D eigenvalue weighted by Crippen LogP contribution is -2.28. The van der Waals surface area contributed by atoms with Gasteiger partial charge in [0.15, 0.2) is 5.78 Å². The second kappa shape index (κ2) is 21.2. The predicted octanol–water partition coefficient (Wildman–Crippen LogP) is 3.59. The molecule has 0 fully saturated rings. The van der Waals surface area contributed by atoms with Crippen molar-refractivity contribution < 1.29 is 49.4 Å². The molecule has 288 valence electrons. The number of aliphatic hydroxyl groups is 2. The number of rotatable bonds is 17. The smallest absolute Gasteiger partial charge is 0.200 e. The minimum Gasteiger partial charge on any atom is -0.507 e. The van der Waals surface area contributed by atoms with Crippen LogP contribution in [0.4, 0.5) is 11.4 Å². The Kier molecular flexibility index (Phi) is 16.8. The van der Waals surface area contributed by atoms with Crippen LogP contribution in [0.2, 0.25) is 0 Å². The van der Waals surface area contributed by atoms with Gasteiger partial charge in [-0.15, -0.1) is 12.4 Å². The number of ether oxygens (including phenoxy) is 2. The van der Waals surface area contributed by atoms with Gasteiger partial charge in [-0.25, -0.2) is 0 Å². The number of methoxy groups -OCH3 is 2. The maximum atomic E-state index is 13.4. The number of hydrogen-bond donors (Lipinski definition) is 9. The number of benzene rings is 4. The van der Waals surface area contributed by atoms with Crippen LogP contribution in [0.25, 0.3) is 6.08 Å². The standard InChI is InChI=1S/C22H28N4O6.C17H16O4.ClH/c27-11-9-23-5-7-25-13-1-2-14(26-8-6-24-10-12-28)18-17(13)21(31)19-15(29)3-4-16(30)20(19)22(18)32;1-20-13-10-15(19)17(16(11-13)21-2)14(18)9-8-12-6-4-3-5-7-12;/h1-4,23-30H,5-12H2;3-11,19H,1-2H3;1H. The third-order valence-electron chi connectivity index (χ3n) is 8.07. The zero-order valence-electron chi connectivity index (χ0n) is 29.8. The first-order valence-corrected chi connectivity index (χ1v) is 16.8. The number of aromatic hydroxyl groups is 3. The van der Waals surface area contributed by atoms with Crippen molar-refractivity contribution in [1.82, 2.24) is 10.6 Å². The van der Waals surface area contributed by atoms with Crippen LogP contribution in [-0.2, 0) is 0 Å². The van der Waals surface area contributed by atoms with E-state index in [0.717, 1.165) is 5.56 Å². The number of anilines is 2. The van der Waals surface area contributed by atoms with Gasteiger partial charge >= 0.3 is 0 Å². The largest absolute Gasteiger partial charge is 0.507 e. The van der Waals surface area contributed by atoms with Crippen LogP contribution >= 0.6 is 12.4 Å². The summed E-state index contributed by atoms with van der Waals surface area (Å²) in [6.07, 6.45) is 3.09. The minimum atomic E-state index is -0.559. The molecule has 15 heteroatoms. The number of halogens is 1. The summed E-state index contributed by atoms with van der Waals surface area (Å²) in [7, 11) is 2.91. The maximum absolute atomic E-state index is 13.4. The van der Waals surface area contributed by atoms with Crippen molar-refractivity contribution in [3.8, 4) is 28.7 Å². The molecule has 0 aromatic heterocycles. The van der Waals surface area contributed by atoms with Crippen LogP contribution in [0, 0.1) is 0 Å². The molecular formula is C39H45ClN4O10. The summed E-state index contributed by atoms with van der Waals surface area (Å²) in [5.74, 6) is -1.67. The first-order chi connectivity index (χ1) is 25.7. The molecule has 0 unspecified atom stereocenters. The molecule has 4 aromatic carbocycles. The van der Waals surface area contributed by atoms with Gasteiger partial charge in [0.25, 0.3) is 0 Å². The molecular weight excluding hydrogens is 720 g/mol. The number of carbonyl (C=O) groups is 3. The first kappa shape index (κ1) is 42.8. The Morgan fingerprint density at radius 3 is 1.63 bits per heavy atom. The van der Waals surface area contributed by atoms with Crippen molar-refractivity contribution in [1.29, 1.82) is 0 Å². The highest BCUT2D eigenvalue weighted by molar-refractivity contribution is 6.33. The summed E-state index contributed by atoms with van der Waals surface area (Å²) < 4.78 is 10.2. The van der Waals surface area contributed by atoms with E-state index < -0.39 is 11.6 Å². The lowest BCUT2D eigenvalue weighted by molar-refractivity contribution is 0.0975. The Labute approximate surface area is 318 Å². The maximum Gasteiger partial charge on any atom is 0.200 e. The van der Waals surface area contributed by atoms with E-state index in [9.17, 15) is 29.7 Å². The molecule has 1 aliphatic rings. The fourth-order valence-electron chi connectivity index (χ4n) is 5.56. The second-order valence-electron chi connectivity index (χ2n) is 11.6. The molecule has 0 aliphatic heterocycles. The summed E-state index contributed by atoms with van der Waals surface area (Å²) in [5, 5.41) is 60.5. The number of phenols is 3. The Balaban J connectivity index is 0.000000310. The molecule has 0 radical (unpaired) electrons. The number of hydrogen-bond acceptors (Lipinski definition) is 14. The second-order valence-corrected chi connectivity index (χ2v) is 11.6. The molecule has 0 saturated carbocycles. The monoisotopic (exact) mass is 764 g/mol. The molecule has 54 heavy (non-hydrogen) atoms. The molecule has 0 saturated heterocycles. The Hall–Kier alpha value is -5.64. The van der Waals surface area contributed by atoms with E-state index in [1.807, 2.05) is 30.3 Å². The van der Waals surface area contributed by atoms with Crippen LogP contribution in [0.15, 0.2) is 72.8 Å². The Morgan fingerprint density at radius 1 is 0.648 bits per heavy atom. The predicted molar refractivity (Wildman–Crippen MR) is 208 cm³/mol. The van der Waals surface area contributed by atoms with Crippen molar-refractivity contribution in [3.05, 3.63) is 106 Å². The molecule has 1 aliphatic carbocycles. The van der Waals surface area contributed by atoms with Crippen molar-refractivity contribution >= 4 is 47.2 Å². The molecule has 0 amide bonds. The zero-order chi connectivity index (χ0) is 38.3. The van der Waals surface area contributed by atoms with Gasteiger partial charge in [-0.3, -0.25) is 14.4 Å². The van der Waals surface area contributed by atoms with Crippen LogP contribution in [-0.4, -0.2) is 110 Å². The third-order valence-corrected chi connectivity index (χ3v) is 8.07. The van der Waals surface area contributed by atoms with Gasteiger partial charge in [0.05, 0.1) is 49.7 Å². The zero-order valence-corrected chi connectivity index (χ0v) is 30.7. The fourth-order valence-corrected chi connectivity index (χ4v) is 5.56. The summed E-state index contributed by atoms with van der Waals surface area (Å²) in [6.45, 7) is 2.81. The van der Waals surface area contributed by atoms with E-state index in [4.69, 9.17) is 19.7 Å². The molecule has 0 atom stereocenters. The Bertz CT molecular complexity index is 1860. The van der Waals surface area contributed by atoms with E-state index in [1.165, 1.54) is 38.5 Å². The third kappa shape index (κ3) is 10.5. The number of nitrogens with one attached hydrogen (secondary N) is 4. The SMILES string of the molecule is COc1cc(O)c(C(=O)C=Cc2ccccc2)c(OC)c1.Cl.O=C1c2c(O)ccc(O)c2C(=O)c2c(NCCNCCO)ccc(NCCNCCO)c21. The number of carbonyl (C=O) groups excluding carboxylic acids is 3. The van der Waals surface area contributed by atoms with E-state index in [2.05, 4.69) is 21.3 Å². The van der Waals surface area contributed by atoms with Gasteiger partial charge in [-0.1, -0.05) is 36.4 Å². The average molecular weight is 765 g/mol. The normalized spacial score (nSPS) is 11.5. The van der Waals surface area contributed by atoms with Gasteiger partial charge in [-0.05, 0) is 35.9 Å². The number of ketones is 3. The summed E-state index contributed by atoms with van der Waals surface area (Å²) >= 11 is 0. The van der Waals surface area contributed by atoms with E-state index in [0.29, 0.717) is 56.4 Å². The molecule has 0 bridgehead atoms. The molecule has 0 heterocycles. The van der Waals surface area contributed by atoms with Gasteiger partial charge in [0, 0.05) is 62.8 Å².